The fraction of sp³-hybridized carbons (Fsp3) is 0.462. The second-order valence-electron chi connectivity index (χ2n) is 4.16. The quantitative estimate of drug-likeness (QED) is 0.839. The molecule has 1 atom stereocenters. The Balaban J connectivity index is 3.26. The first kappa shape index (κ1) is 14.4. The first-order valence-corrected chi connectivity index (χ1v) is 5.75. The zero-order chi connectivity index (χ0) is 13.9. The number of halogens is 1. The third-order valence-corrected chi connectivity index (χ3v) is 2.98. The van der Waals surface area contributed by atoms with E-state index in [0.29, 0.717) is 23.3 Å². The van der Waals surface area contributed by atoms with Crippen molar-refractivity contribution in [1.82, 2.24) is 0 Å². The van der Waals surface area contributed by atoms with Crippen molar-refractivity contribution >= 4 is 5.97 Å². The summed E-state index contributed by atoms with van der Waals surface area (Å²) in [5, 5.41) is 8.81. The van der Waals surface area contributed by atoms with Crippen molar-refractivity contribution in [3.63, 3.8) is 0 Å². The number of hydrogen-bond acceptors (Lipinski definition) is 3. The van der Waals surface area contributed by atoms with Crippen LogP contribution in [0.3, 0.4) is 0 Å². The van der Waals surface area contributed by atoms with Gasteiger partial charge in [0.05, 0.1) is 7.11 Å². The van der Waals surface area contributed by atoms with Crippen LogP contribution < -0.4 is 10.5 Å². The molecular weight excluding hydrogens is 237 g/mol. The zero-order valence-corrected chi connectivity index (χ0v) is 10.8. The lowest BCUT2D eigenvalue weighted by molar-refractivity contribution is -0.138. The van der Waals surface area contributed by atoms with E-state index < -0.39 is 17.8 Å². The molecule has 0 heterocycles. The van der Waals surface area contributed by atoms with Crippen molar-refractivity contribution in [3.05, 3.63) is 28.6 Å². The van der Waals surface area contributed by atoms with Gasteiger partial charge < -0.3 is 15.6 Å². The van der Waals surface area contributed by atoms with Gasteiger partial charge in [0.25, 0.3) is 0 Å². The molecule has 1 unspecified atom stereocenters. The smallest absolute Gasteiger partial charge is 0.320 e. The number of rotatable bonds is 5. The van der Waals surface area contributed by atoms with Crippen LogP contribution in [0.2, 0.25) is 0 Å². The summed E-state index contributed by atoms with van der Waals surface area (Å²) in [6, 6.07) is 0.307. The minimum atomic E-state index is -1.10. The van der Waals surface area contributed by atoms with Crippen LogP contribution in [0.1, 0.15) is 23.6 Å². The average Bonchev–Trinajstić information content (AvgIpc) is 2.32. The zero-order valence-electron chi connectivity index (χ0n) is 10.8. The lowest BCUT2D eigenvalue weighted by atomic mass is 9.95. The Morgan fingerprint density at radius 3 is 2.67 bits per heavy atom. The standard InChI is InChI=1S/C13H18FNO3/c1-4-9-8(6-11(15)13(16)17)5-10(14)7(2)12(9)18-3/h5,11H,4,6,15H2,1-3H3,(H,16,17). The maximum atomic E-state index is 13.7. The van der Waals surface area contributed by atoms with Crippen molar-refractivity contribution < 1.29 is 19.0 Å². The van der Waals surface area contributed by atoms with Gasteiger partial charge in [0, 0.05) is 5.56 Å². The predicted molar refractivity (Wildman–Crippen MR) is 66.4 cm³/mol. The number of carboxylic acid groups (broad SMARTS) is 1. The SMILES string of the molecule is CCc1c(CC(N)C(=O)O)cc(F)c(C)c1OC. The largest absolute Gasteiger partial charge is 0.496 e. The lowest BCUT2D eigenvalue weighted by Crippen LogP contribution is -2.32. The highest BCUT2D eigenvalue weighted by Gasteiger charge is 2.19. The Kier molecular flexibility index (Phi) is 4.67. The van der Waals surface area contributed by atoms with Crippen LogP contribution in [0.4, 0.5) is 4.39 Å². The number of carbonyl (C=O) groups is 1. The first-order chi connectivity index (χ1) is 8.42. The van der Waals surface area contributed by atoms with Gasteiger partial charge in [0.15, 0.2) is 0 Å². The van der Waals surface area contributed by atoms with Crippen molar-refractivity contribution in [2.75, 3.05) is 7.11 Å². The highest BCUT2D eigenvalue weighted by molar-refractivity contribution is 5.73. The number of ether oxygens (including phenoxy) is 1. The van der Waals surface area contributed by atoms with E-state index in [9.17, 15) is 9.18 Å². The molecule has 5 heteroatoms. The summed E-state index contributed by atoms with van der Waals surface area (Å²) < 4.78 is 18.9. The van der Waals surface area contributed by atoms with E-state index in [1.165, 1.54) is 13.2 Å². The molecule has 1 aromatic rings. The molecular formula is C13H18FNO3. The summed E-state index contributed by atoms with van der Waals surface area (Å²) in [7, 11) is 1.47. The molecule has 0 aliphatic rings. The highest BCUT2D eigenvalue weighted by atomic mass is 19.1. The molecule has 0 amide bonds. The molecule has 0 radical (unpaired) electrons. The predicted octanol–water partition coefficient (Wildman–Crippen LogP) is 1.66. The van der Waals surface area contributed by atoms with Gasteiger partial charge in [-0.05, 0) is 37.0 Å². The summed E-state index contributed by atoms with van der Waals surface area (Å²) in [6.45, 7) is 3.54. The molecule has 0 saturated heterocycles. The fourth-order valence-corrected chi connectivity index (χ4v) is 2.00. The Labute approximate surface area is 106 Å². The first-order valence-electron chi connectivity index (χ1n) is 5.75. The molecule has 0 aromatic heterocycles. The van der Waals surface area contributed by atoms with Gasteiger partial charge in [-0.1, -0.05) is 6.92 Å². The van der Waals surface area contributed by atoms with Gasteiger partial charge in [-0.2, -0.15) is 0 Å². The van der Waals surface area contributed by atoms with E-state index in [1.807, 2.05) is 6.92 Å². The Morgan fingerprint density at radius 2 is 2.22 bits per heavy atom. The van der Waals surface area contributed by atoms with Crippen LogP contribution in [0.15, 0.2) is 6.07 Å². The van der Waals surface area contributed by atoms with E-state index >= 15 is 0 Å². The van der Waals surface area contributed by atoms with Crippen LogP contribution in [-0.2, 0) is 17.6 Å². The summed E-state index contributed by atoms with van der Waals surface area (Å²) in [5.74, 6) is -1.03. The number of benzene rings is 1. The van der Waals surface area contributed by atoms with Crippen LogP contribution >= 0.6 is 0 Å². The van der Waals surface area contributed by atoms with Crippen molar-refractivity contribution in [2.45, 2.75) is 32.7 Å². The van der Waals surface area contributed by atoms with Crippen molar-refractivity contribution in [2.24, 2.45) is 5.73 Å². The van der Waals surface area contributed by atoms with Crippen molar-refractivity contribution in [1.29, 1.82) is 0 Å². The Morgan fingerprint density at radius 1 is 1.61 bits per heavy atom. The van der Waals surface area contributed by atoms with Crippen LogP contribution in [0, 0.1) is 12.7 Å². The third-order valence-electron chi connectivity index (χ3n) is 2.98. The highest BCUT2D eigenvalue weighted by Crippen LogP contribution is 2.30. The number of hydrogen-bond donors (Lipinski definition) is 2. The molecule has 0 spiro atoms. The van der Waals surface area contributed by atoms with Gasteiger partial charge >= 0.3 is 5.97 Å². The molecule has 4 nitrogen and oxygen atoms in total. The monoisotopic (exact) mass is 255 g/mol. The van der Waals surface area contributed by atoms with Gasteiger partial charge in [0.1, 0.15) is 17.6 Å². The van der Waals surface area contributed by atoms with E-state index in [4.69, 9.17) is 15.6 Å². The van der Waals surface area contributed by atoms with Crippen LogP contribution in [-0.4, -0.2) is 24.2 Å². The molecule has 0 aliphatic heterocycles. The van der Waals surface area contributed by atoms with Gasteiger partial charge in [-0.25, -0.2) is 4.39 Å². The Hall–Kier alpha value is -1.62. The van der Waals surface area contributed by atoms with Crippen LogP contribution in [0.25, 0.3) is 0 Å². The molecule has 0 fully saturated rings. The molecule has 1 rings (SSSR count). The lowest BCUT2D eigenvalue weighted by Gasteiger charge is -2.17. The van der Waals surface area contributed by atoms with E-state index in [2.05, 4.69) is 0 Å². The Bertz CT molecular complexity index is 460. The summed E-state index contributed by atoms with van der Waals surface area (Å²) in [4.78, 5) is 10.8. The maximum absolute atomic E-state index is 13.7. The van der Waals surface area contributed by atoms with Gasteiger partial charge in [0.2, 0.25) is 0 Å². The van der Waals surface area contributed by atoms with E-state index in [-0.39, 0.29) is 6.42 Å². The number of aliphatic carboxylic acids is 1. The van der Waals surface area contributed by atoms with E-state index in [0.717, 1.165) is 5.56 Å². The summed E-state index contributed by atoms with van der Waals surface area (Å²) >= 11 is 0. The van der Waals surface area contributed by atoms with Gasteiger partial charge in [-0.15, -0.1) is 0 Å². The maximum Gasteiger partial charge on any atom is 0.320 e. The fourth-order valence-electron chi connectivity index (χ4n) is 2.00. The average molecular weight is 255 g/mol. The van der Waals surface area contributed by atoms with Gasteiger partial charge in [-0.3, -0.25) is 4.79 Å². The summed E-state index contributed by atoms with van der Waals surface area (Å²) in [5.41, 5.74) is 7.32. The van der Waals surface area contributed by atoms with E-state index in [1.54, 1.807) is 6.92 Å². The number of carboxylic acids is 1. The topological polar surface area (TPSA) is 72.6 Å². The molecule has 100 valence electrons. The molecule has 0 bridgehead atoms. The molecule has 0 saturated carbocycles. The third kappa shape index (κ3) is 2.79. The van der Waals surface area contributed by atoms with Crippen LogP contribution in [0.5, 0.6) is 5.75 Å². The number of methoxy groups -OCH3 is 1. The molecule has 1 aromatic carbocycles. The number of nitrogens with two attached hydrogens (primary N) is 1. The summed E-state index contributed by atoms with van der Waals surface area (Å²) in [6.07, 6.45) is 0.720. The minimum Gasteiger partial charge on any atom is -0.496 e. The molecule has 0 aliphatic carbocycles. The minimum absolute atomic E-state index is 0.0894. The second kappa shape index (κ2) is 5.82. The normalized spacial score (nSPS) is 12.3. The molecule has 18 heavy (non-hydrogen) atoms. The van der Waals surface area contributed by atoms with Crippen molar-refractivity contribution in [3.8, 4) is 5.75 Å². The second-order valence-corrected chi connectivity index (χ2v) is 4.16. The molecule has 3 N–H and O–H groups in total.